The molecule has 130 valence electrons. The van der Waals surface area contributed by atoms with Crippen molar-refractivity contribution in [2.75, 3.05) is 0 Å². The van der Waals surface area contributed by atoms with Gasteiger partial charge >= 0.3 is 5.97 Å². The summed E-state index contributed by atoms with van der Waals surface area (Å²) in [5.74, 6) is -0.528. The fourth-order valence-corrected chi connectivity index (χ4v) is 3.25. The minimum atomic E-state index is -0.961. The first kappa shape index (κ1) is 18.2. The first-order valence-corrected chi connectivity index (χ1v) is 8.19. The van der Waals surface area contributed by atoms with E-state index < -0.39 is 17.6 Å². The van der Waals surface area contributed by atoms with Crippen LogP contribution in [0.5, 0.6) is 0 Å². The van der Waals surface area contributed by atoms with E-state index in [9.17, 15) is 14.4 Å². The topological polar surface area (TPSA) is 69.7 Å². The van der Waals surface area contributed by atoms with E-state index in [2.05, 4.69) is 6.08 Å². The highest BCUT2D eigenvalue weighted by molar-refractivity contribution is 6.00. The summed E-state index contributed by atoms with van der Waals surface area (Å²) >= 11 is 0. The van der Waals surface area contributed by atoms with E-state index in [1.807, 2.05) is 26.8 Å². The fourth-order valence-electron chi connectivity index (χ4n) is 3.25. The molecule has 1 aliphatic heterocycles. The van der Waals surface area contributed by atoms with Gasteiger partial charge in [-0.1, -0.05) is 17.2 Å². The minimum absolute atomic E-state index is 0.0251. The van der Waals surface area contributed by atoms with Gasteiger partial charge in [0.1, 0.15) is 12.2 Å². The number of hydrogen-bond donors (Lipinski definition) is 0. The van der Waals surface area contributed by atoms with Gasteiger partial charge in [0.25, 0.3) is 6.47 Å². The third-order valence-corrected chi connectivity index (χ3v) is 4.54. The Labute approximate surface area is 142 Å². The smallest absolute Gasteiger partial charge is 0.307 e. The second-order valence-electron chi connectivity index (χ2n) is 6.77. The van der Waals surface area contributed by atoms with Crippen molar-refractivity contribution in [3.05, 3.63) is 35.5 Å². The molecule has 1 saturated heterocycles. The number of ether oxygens (including phenoxy) is 2. The van der Waals surface area contributed by atoms with Crippen LogP contribution in [-0.2, 0) is 23.9 Å². The van der Waals surface area contributed by atoms with Crippen LogP contribution in [0.3, 0.4) is 0 Å². The Bertz CT molecular complexity index is 609. The van der Waals surface area contributed by atoms with Crippen LogP contribution in [0.25, 0.3) is 0 Å². The Morgan fingerprint density at radius 2 is 2.12 bits per heavy atom. The molecule has 0 N–H and O–H groups in total. The Balaban J connectivity index is 2.20. The lowest BCUT2D eigenvalue weighted by atomic mass is 9.69. The second kappa shape index (κ2) is 7.60. The van der Waals surface area contributed by atoms with Gasteiger partial charge in [0.2, 0.25) is 0 Å². The van der Waals surface area contributed by atoms with Crippen molar-refractivity contribution in [3.63, 3.8) is 0 Å². The number of hydrogen-bond acceptors (Lipinski definition) is 5. The first-order valence-electron chi connectivity index (χ1n) is 8.19. The molecule has 0 saturated carbocycles. The predicted octanol–water partition coefficient (Wildman–Crippen LogP) is 3.05. The monoisotopic (exact) mass is 332 g/mol. The molecular formula is C19H24O5. The Morgan fingerprint density at radius 3 is 2.79 bits per heavy atom. The lowest BCUT2D eigenvalue weighted by Crippen LogP contribution is -2.43. The summed E-state index contributed by atoms with van der Waals surface area (Å²) in [5.41, 5.74) is 1.37. The van der Waals surface area contributed by atoms with Crippen molar-refractivity contribution < 1.29 is 23.9 Å². The van der Waals surface area contributed by atoms with Gasteiger partial charge in [0.15, 0.2) is 5.78 Å². The van der Waals surface area contributed by atoms with Gasteiger partial charge in [0.05, 0.1) is 11.8 Å². The highest BCUT2D eigenvalue weighted by Gasteiger charge is 2.55. The molecule has 1 spiro atoms. The molecule has 24 heavy (non-hydrogen) atoms. The molecule has 0 amide bonds. The summed E-state index contributed by atoms with van der Waals surface area (Å²) in [6.07, 6.45) is 7.92. The van der Waals surface area contributed by atoms with E-state index >= 15 is 0 Å². The van der Waals surface area contributed by atoms with Crippen LogP contribution >= 0.6 is 0 Å². The molecule has 0 bridgehead atoms. The van der Waals surface area contributed by atoms with Gasteiger partial charge in [-0.25, -0.2) is 0 Å². The van der Waals surface area contributed by atoms with Gasteiger partial charge in [-0.2, -0.15) is 0 Å². The molecule has 3 atom stereocenters. The summed E-state index contributed by atoms with van der Waals surface area (Å²) in [7, 11) is 0. The van der Waals surface area contributed by atoms with Crippen molar-refractivity contribution in [2.45, 2.75) is 58.7 Å². The van der Waals surface area contributed by atoms with Gasteiger partial charge < -0.3 is 9.47 Å². The average molecular weight is 332 g/mol. The standard InChI is InChI=1S/C19H24O5/c1-13(2)5-4-6-14(3)9-17-19(11-18(22)24-17)10-15(23-12-20)7-8-16(19)21/h5,7-9,12,15,17H,4,6,10-11H2,1-3H3/b14-9+/t15-,17-,19?/m1/s1. The zero-order valence-electron chi connectivity index (χ0n) is 14.4. The molecule has 1 fully saturated rings. The van der Waals surface area contributed by atoms with E-state index in [1.54, 1.807) is 6.08 Å². The number of allylic oxidation sites excluding steroid dienone is 4. The molecule has 0 radical (unpaired) electrons. The van der Waals surface area contributed by atoms with E-state index in [1.165, 1.54) is 11.6 Å². The maximum atomic E-state index is 12.5. The van der Waals surface area contributed by atoms with Crippen LogP contribution in [0.15, 0.2) is 35.5 Å². The van der Waals surface area contributed by atoms with Crippen LogP contribution in [-0.4, -0.2) is 30.4 Å². The van der Waals surface area contributed by atoms with Gasteiger partial charge in [-0.15, -0.1) is 0 Å². The lowest BCUT2D eigenvalue weighted by molar-refractivity contribution is -0.141. The van der Waals surface area contributed by atoms with Crippen LogP contribution in [0, 0.1) is 5.41 Å². The quantitative estimate of drug-likeness (QED) is 0.425. The number of carbonyl (C=O) groups is 3. The third-order valence-electron chi connectivity index (χ3n) is 4.54. The Morgan fingerprint density at radius 1 is 1.38 bits per heavy atom. The Kier molecular flexibility index (Phi) is 5.75. The van der Waals surface area contributed by atoms with Crippen LogP contribution in [0.2, 0.25) is 0 Å². The Hall–Kier alpha value is -2.17. The zero-order valence-corrected chi connectivity index (χ0v) is 14.4. The number of ketones is 1. The minimum Gasteiger partial charge on any atom is -0.460 e. The van der Waals surface area contributed by atoms with Gasteiger partial charge in [0, 0.05) is 6.42 Å². The van der Waals surface area contributed by atoms with Crippen LogP contribution in [0.1, 0.15) is 46.5 Å². The second-order valence-corrected chi connectivity index (χ2v) is 6.77. The molecule has 2 rings (SSSR count). The number of carbonyl (C=O) groups excluding carboxylic acids is 3. The van der Waals surface area contributed by atoms with E-state index in [0.29, 0.717) is 6.47 Å². The molecular weight excluding hydrogens is 308 g/mol. The number of cyclic esters (lactones) is 1. The molecule has 5 heteroatoms. The van der Waals surface area contributed by atoms with E-state index in [0.717, 1.165) is 18.4 Å². The molecule has 2 aliphatic rings. The van der Waals surface area contributed by atoms with Crippen molar-refractivity contribution in [1.29, 1.82) is 0 Å². The summed E-state index contributed by atoms with van der Waals surface area (Å²) in [4.78, 5) is 35.0. The molecule has 1 unspecified atom stereocenters. The lowest BCUT2D eigenvalue weighted by Gasteiger charge is -2.33. The maximum absolute atomic E-state index is 12.5. The molecule has 0 aromatic carbocycles. The summed E-state index contributed by atoms with van der Waals surface area (Å²) in [5, 5.41) is 0. The summed E-state index contributed by atoms with van der Waals surface area (Å²) in [6, 6.07) is 0. The maximum Gasteiger partial charge on any atom is 0.307 e. The zero-order chi connectivity index (χ0) is 17.7. The fraction of sp³-hybridized carbons (Fsp3) is 0.526. The van der Waals surface area contributed by atoms with Crippen LogP contribution in [0.4, 0.5) is 0 Å². The van der Waals surface area contributed by atoms with E-state index in [-0.39, 0.29) is 24.6 Å². The predicted molar refractivity (Wildman–Crippen MR) is 89.1 cm³/mol. The molecule has 0 aromatic heterocycles. The van der Waals surface area contributed by atoms with Crippen molar-refractivity contribution in [3.8, 4) is 0 Å². The van der Waals surface area contributed by atoms with Crippen molar-refractivity contribution in [1.82, 2.24) is 0 Å². The molecule has 1 aliphatic carbocycles. The normalized spacial score (nSPS) is 29.5. The van der Waals surface area contributed by atoms with Crippen molar-refractivity contribution >= 4 is 18.2 Å². The highest BCUT2D eigenvalue weighted by atomic mass is 16.6. The number of esters is 1. The summed E-state index contributed by atoms with van der Waals surface area (Å²) < 4.78 is 10.4. The molecule has 1 heterocycles. The van der Waals surface area contributed by atoms with E-state index in [4.69, 9.17) is 9.47 Å². The van der Waals surface area contributed by atoms with Crippen molar-refractivity contribution in [2.24, 2.45) is 5.41 Å². The number of rotatable bonds is 6. The highest BCUT2D eigenvalue weighted by Crippen LogP contribution is 2.45. The summed E-state index contributed by atoms with van der Waals surface area (Å²) in [6.45, 7) is 6.44. The molecule has 5 nitrogen and oxygen atoms in total. The SMILES string of the molecule is CC(C)=CCC/C(C)=C/[C@H]1OC(=O)CC12C[C@H](OC=O)C=CC2=O. The van der Waals surface area contributed by atoms with Crippen LogP contribution < -0.4 is 0 Å². The largest absolute Gasteiger partial charge is 0.460 e. The van der Waals surface area contributed by atoms with Gasteiger partial charge in [-0.05, 0) is 51.8 Å². The van der Waals surface area contributed by atoms with Gasteiger partial charge in [-0.3, -0.25) is 14.4 Å². The molecule has 0 aromatic rings. The average Bonchev–Trinajstić information content (AvgIpc) is 2.79. The first-order chi connectivity index (χ1) is 11.4. The third kappa shape index (κ3) is 4.02.